The monoisotopic (exact) mass is 207 g/mol. The summed E-state index contributed by atoms with van der Waals surface area (Å²) >= 11 is -0.918. The van der Waals surface area contributed by atoms with E-state index in [9.17, 15) is 0 Å². The summed E-state index contributed by atoms with van der Waals surface area (Å²) < 4.78 is 2.54. The summed E-state index contributed by atoms with van der Waals surface area (Å²) in [5.41, 5.74) is 0. The van der Waals surface area contributed by atoms with E-state index in [0.717, 1.165) is 5.92 Å². The Morgan fingerprint density at radius 1 is 1.29 bits per heavy atom. The molecule has 0 aliphatic rings. The van der Waals surface area contributed by atoms with Crippen LogP contribution in [0.25, 0.3) is 0 Å². The Bertz CT molecular complexity index is 33.4. The molecule has 0 saturated heterocycles. The van der Waals surface area contributed by atoms with Crippen LogP contribution in [0, 0.1) is 10.4 Å². The van der Waals surface area contributed by atoms with Crippen molar-refractivity contribution in [2.75, 3.05) is 0 Å². The van der Waals surface area contributed by atoms with Gasteiger partial charge in [-0.2, -0.15) is 0 Å². The van der Waals surface area contributed by atoms with Gasteiger partial charge in [-0.15, -0.1) is 0 Å². The Morgan fingerprint density at radius 2 is 1.71 bits per heavy atom. The molecule has 0 nitrogen and oxygen atoms in total. The molecule has 1 heteroatoms. The van der Waals surface area contributed by atoms with Gasteiger partial charge in [0.25, 0.3) is 0 Å². The van der Waals surface area contributed by atoms with E-state index in [1.165, 1.54) is 0 Å². The van der Waals surface area contributed by atoms with E-state index in [1.807, 2.05) is 0 Å². The van der Waals surface area contributed by atoms with Gasteiger partial charge in [0.1, 0.15) is 0 Å². The fourth-order valence-electron chi connectivity index (χ4n) is 0.770. The molecule has 0 fully saturated rings. The third-order valence-electron chi connectivity index (χ3n) is 0.770. The maximum atomic E-state index is 2.54. The predicted octanol–water partition coefficient (Wildman–Crippen LogP) is 1.87. The molecule has 0 bridgehead atoms. The summed E-state index contributed by atoms with van der Waals surface area (Å²) in [4.78, 5) is 4.84. The van der Waals surface area contributed by atoms with E-state index in [0.29, 0.717) is 0 Å². The maximum absolute atomic E-state index is 2.54. The van der Waals surface area contributed by atoms with Crippen molar-refractivity contribution in [2.24, 2.45) is 5.92 Å². The topological polar surface area (TPSA) is 0 Å². The first-order valence-electron chi connectivity index (χ1n) is 2.98. The van der Waals surface area contributed by atoms with Crippen LogP contribution in [-0.2, 0) is 0 Å². The molecule has 0 aliphatic heterocycles. The summed E-state index contributed by atoms with van der Waals surface area (Å²) in [6.45, 7) is 4.52. The van der Waals surface area contributed by atoms with Crippen LogP contribution in [0.1, 0.15) is 13.8 Å². The molecule has 0 aromatic heterocycles. The van der Waals surface area contributed by atoms with Crippen molar-refractivity contribution in [3.63, 3.8) is 0 Å². The molecule has 0 N–H and O–H groups in total. The number of hydrogen-bond acceptors (Lipinski definition) is 0. The second-order valence-electron chi connectivity index (χ2n) is 2.68. The third-order valence-corrected chi connectivity index (χ3v) is 5.16. The molecule has 43 valence electrons. The van der Waals surface area contributed by atoms with Crippen LogP contribution in [0.5, 0.6) is 0 Å². The molecule has 0 aromatic rings. The van der Waals surface area contributed by atoms with Gasteiger partial charge >= 0.3 is 53.8 Å². The zero-order valence-electron chi connectivity index (χ0n) is 5.73. The van der Waals surface area contributed by atoms with Crippen molar-refractivity contribution in [3.8, 4) is 0 Å². The van der Waals surface area contributed by atoms with Crippen molar-refractivity contribution in [1.29, 1.82) is 0 Å². The van der Waals surface area contributed by atoms with Gasteiger partial charge in [-0.1, -0.05) is 0 Å². The second-order valence-corrected chi connectivity index (χ2v) is 10.9. The van der Waals surface area contributed by atoms with Crippen LogP contribution in [0.3, 0.4) is 0 Å². The number of rotatable bonds is 2. The molecule has 1 radical (unpaired) electrons. The van der Waals surface area contributed by atoms with E-state index in [4.69, 9.17) is 0 Å². The average molecular weight is 206 g/mol. The molecule has 0 rings (SSSR count). The molecule has 0 amide bonds. The molecule has 0 saturated carbocycles. The average Bonchev–Trinajstić information content (AvgIpc) is 1.27. The van der Waals surface area contributed by atoms with E-state index in [-0.39, 0.29) is 0 Å². The first-order valence-corrected chi connectivity index (χ1v) is 11.5. The molecule has 0 aliphatic carbocycles. The van der Waals surface area contributed by atoms with E-state index in [1.54, 1.807) is 0 Å². The van der Waals surface area contributed by atoms with Gasteiger partial charge < -0.3 is 0 Å². The molecular formula is C6H15Sn. The third kappa shape index (κ3) is 6.80. The van der Waals surface area contributed by atoms with Crippen molar-refractivity contribution < 1.29 is 0 Å². The van der Waals surface area contributed by atoms with Gasteiger partial charge in [0, 0.05) is 0 Å². The molecule has 0 atom stereocenters. The van der Waals surface area contributed by atoms with Crippen LogP contribution in [-0.4, -0.2) is 19.8 Å². The summed E-state index contributed by atoms with van der Waals surface area (Å²) in [6.07, 6.45) is 0. The van der Waals surface area contributed by atoms with Crippen LogP contribution in [0.2, 0.25) is 9.88 Å². The summed E-state index contributed by atoms with van der Waals surface area (Å²) in [5.74, 6) is 0.843. The standard InChI is InChI=1S/C4H8.2CH3.Sn.H/c1-4(2)3;;;;/h1,4H,2-3H3;2*1H3;;. The van der Waals surface area contributed by atoms with E-state index < -0.39 is 19.8 Å². The van der Waals surface area contributed by atoms with E-state index in [2.05, 4.69) is 28.2 Å². The van der Waals surface area contributed by atoms with Gasteiger partial charge in [-0.3, -0.25) is 0 Å². The summed E-state index contributed by atoms with van der Waals surface area (Å²) in [7, 11) is 0. The van der Waals surface area contributed by atoms with Crippen molar-refractivity contribution >= 4 is 19.8 Å². The Morgan fingerprint density at radius 3 is 1.71 bits per heavy atom. The summed E-state index contributed by atoms with van der Waals surface area (Å²) in [6, 6.07) is 0. The van der Waals surface area contributed by atoms with Gasteiger partial charge in [-0.25, -0.2) is 0 Å². The zero-order chi connectivity index (χ0) is 5.86. The Balaban J connectivity index is 2.95. The van der Waals surface area contributed by atoms with Crippen molar-refractivity contribution in [1.82, 2.24) is 0 Å². The normalized spacial score (nSPS) is 11.1. The fourth-order valence-corrected chi connectivity index (χ4v) is 5.16. The quantitative estimate of drug-likeness (QED) is 0.605. The second kappa shape index (κ2) is 3.76. The minimum absolute atomic E-state index is 0.843. The minimum atomic E-state index is -0.918. The molecule has 0 aromatic carbocycles. The SMILES string of the molecule is CC(C)[CH][SnH]([CH3])[CH3]. The fraction of sp³-hybridized carbons (Fsp3) is 0.833. The van der Waals surface area contributed by atoms with Crippen LogP contribution < -0.4 is 0 Å². The first-order chi connectivity index (χ1) is 3.13. The van der Waals surface area contributed by atoms with Crippen LogP contribution >= 0.6 is 0 Å². The van der Waals surface area contributed by atoms with Gasteiger partial charge in [0.2, 0.25) is 0 Å². The molecule has 0 unspecified atom stereocenters. The van der Waals surface area contributed by atoms with Gasteiger partial charge in [0.15, 0.2) is 0 Å². The van der Waals surface area contributed by atoms with Crippen molar-refractivity contribution in [3.05, 3.63) is 4.44 Å². The summed E-state index contributed by atoms with van der Waals surface area (Å²) in [5, 5.41) is 0. The van der Waals surface area contributed by atoms with Crippen molar-refractivity contribution in [2.45, 2.75) is 23.7 Å². The molecule has 7 heavy (non-hydrogen) atoms. The Hall–Kier alpha value is 0.799. The molecule has 0 heterocycles. The van der Waals surface area contributed by atoms with Gasteiger partial charge in [0.05, 0.1) is 0 Å². The predicted molar refractivity (Wildman–Crippen MR) is 38.0 cm³/mol. The van der Waals surface area contributed by atoms with Crippen LogP contribution in [0.15, 0.2) is 0 Å². The Labute approximate surface area is 54.0 Å². The van der Waals surface area contributed by atoms with E-state index >= 15 is 0 Å². The zero-order valence-corrected chi connectivity index (χ0v) is 9.03. The van der Waals surface area contributed by atoms with Gasteiger partial charge in [-0.05, 0) is 0 Å². The number of hydrogen-bond donors (Lipinski definition) is 0. The molecule has 0 spiro atoms. The molecular weight excluding hydrogens is 191 g/mol. The van der Waals surface area contributed by atoms with Crippen LogP contribution in [0.4, 0.5) is 0 Å². The Kier molecular flexibility index (Phi) is 4.19. The first kappa shape index (κ1) is 7.80.